The van der Waals surface area contributed by atoms with E-state index >= 15 is 0 Å². The van der Waals surface area contributed by atoms with Crippen LogP contribution in [0.1, 0.15) is 52.1 Å². The maximum Gasteiger partial charge on any atom is 0.234 e. The van der Waals surface area contributed by atoms with Crippen LogP contribution in [0.2, 0.25) is 10.0 Å². The van der Waals surface area contributed by atoms with Gasteiger partial charge in [0, 0.05) is 22.1 Å². The highest BCUT2D eigenvalue weighted by Gasteiger charge is 2.22. The molecule has 1 heterocycles. The van der Waals surface area contributed by atoms with Crippen molar-refractivity contribution in [2.75, 3.05) is 26.2 Å². The lowest BCUT2D eigenvalue weighted by Gasteiger charge is -2.31. The number of nitrogens with zero attached hydrogens (tertiary/aromatic N) is 2. The fourth-order valence-electron chi connectivity index (χ4n) is 3.41. The molecular weight excluding hydrogens is 536 g/mol. The lowest BCUT2D eigenvalue weighted by Crippen LogP contribution is -2.47. The van der Waals surface area contributed by atoms with Crippen LogP contribution in [-0.4, -0.2) is 48.5 Å². The van der Waals surface area contributed by atoms with Gasteiger partial charge in [-0.05, 0) is 77.2 Å². The quantitative estimate of drug-likeness (QED) is 0.272. The minimum atomic E-state index is -0.192. The maximum atomic E-state index is 12.1. The van der Waals surface area contributed by atoms with E-state index in [0.29, 0.717) is 35.0 Å². The number of nitrogens with one attached hydrogen (secondary N) is 2. The molecule has 1 saturated heterocycles. The number of carbonyl (C=O) groups is 1. The highest BCUT2D eigenvalue weighted by atomic mass is 127. The van der Waals surface area contributed by atoms with Crippen LogP contribution < -0.4 is 16.4 Å². The molecule has 0 spiro atoms. The summed E-state index contributed by atoms with van der Waals surface area (Å²) in [7, 11) is 0. The summed E-state index contributed by atoms with van der Waals surface area (Å²) in [5, 5.41) is 7.41. The minimum Gasteiger partial charge on any atom is -0.370 e. The van der Waals surface area contributed by atoms with Gasteiger partial charge < -0.3 is 16.4 Å². The number of hydrogen-bond donors (Lipinski definition) is 3. The van der Waals surface area contributed by atoms with Crippen molar-refractivity contribution in [3.63, 3.8) is 0 Å². The number of amides is 1. The highest BCUT2D eigenvalue weighted by Crippen LogP contribution is 2.26. The number of nitrogens with two attached hydrogens (primary N) is 1. The van der Waals surface area contributed by atoms with Crippen LogP contribution in [0.25, 0.3) is 0 Å². The monoisotopic (exact) mass is 569 g/mol. The first-order chi connectivity index (χ1) is 13.5. The molecule has 1 aromatic carbocycles. The van der Waals surface area contributed by atoms with Crippen molar-refractivity contribution in [1.82, 2.24) is 15.5 Å². The minimum absolute atomic E-state index is 0. The number of piperidine rings is 1. The zero-order valence-electron chi connectivity index (χ0n) is 18.2. The van der Waals surface area contributed by atoms with Gasteiger partial charge in [0.25, 0.3) is 0 Å². The van der Waals surface area contributed by atoms with Gasteiger partial charge in [0.2, 0.25) is 5.91 Å². The largest absolute Gasteiger partial charge is 0.370 e. The van der Waals surface area contributed by atoms with Crippen molar-refractivity contribution in [1.29, 1.82) is 0 Å². The van der Waals surface area contributed by atoms with Gasteiger partial charge in [-0.15, -0.1) is 24.0 Å². The molecule has 1 unspecified atom stereocenters. The third kappa shape index (κ3) is 9.58. The van der Waals surface area contributed by atoms with E-state index in [4.69, 9.17) is 28.9 Å². The Labute approximate surface area is 207 Å². The molecule has 0 aromatic heterocycles. The standard InChI is InChI=1S/C21H33Cl2N5O.HI/c1-14(17-6-5-16(22)11-18(17)23)26-20(24)25-12-15-7-9-28(10-8-15)13-19(29)27-21(2,3)4;/h5-6,11,14-15H,7-10,12-13H2,1-4H3,(H,27,29)(H3,24,25,26);1H. The number of benzene rings is 1. The fourth-order valence-corrected chi connectivity index (χ4v) is 3.99. The van der Waals surface area contributed by atoms with Crippen molar-refractivity contribution in [3.8, 4) is 0 Å². The highest BCUT2D eigenvalue weighted by molar-refractivity contribution is 14.0. The maximum absolute atomic E-state index is 12.1. The summed E-state index contributed by atoms with van der Waals surface area (Å²) in [6.07, 6.45) is 2.02. The van der Waals surface area contributed by atoms with Crippen molar-refractivity contribution in [3.05, 3.63) is 33.8 Å². The molecule has 1 fully saturated rings. The first kappa shape index (κ1) is 27.3. The van der Waals surface area contributed by atoms with Crippen LogP contribution >= 0.6 is 47.2 Å². The van der Waals surface area contributed by atoms with E-state index in [-0.39, 0.29) is 41.5 Å². The van der Waals surface area contributed by atoms with Crippen LogP contribution in [0.4, 0.5) is 0 Å². The normalized spacial score (nSPS) is 17.2. The molecule has 9 heteroatoms. The Balaban J connectivity index is 0.00000450. The van der Waals surface area contributed by atoms with E-state index in [0.717, 1.165) is 31.5 Å². The number of halogens is 3. The van der Waals surface area contributed by atoms with E-state index < -0.39 is 0 Å². The molecular formula is C21H34Cl2IN5O. The van der Waals surface area contributed by atoms with Gasteiger partial charge in [-0.25, -0.2) is 0 Å². The number of hydrogen-bond acceptors (Lipinski definition) is 3. The first-order valence-electron chi connectivity index (χ1n) is 10.1. The summed E-state index contributed by atoms with van der Waals surface area (Å²) in [6, 6.07) is 5.36. The van der Waals surface area contributed by atoms with Crippen molar-refractivity contribution in [2.24, 2.45) is 16.6 Å². The molecule has 0 bridgehead atoms. The van der Waals surface area contributed by atoms with Crippen LogP contribution in [0.3, 0.4) is 0 Å². The van der Waals surface area contributed by atoms with Gasteiger partial charge >= 0.3 is 0 Å². The van der Waals surface area contributed by atoms with Crippen molar-refractivity contribution < 1.29 is 4.79 Å². The first-order valence-corrected chi connectivity index (χ1v) is 10.8. The predicted octanol–water partition coefficient (Wildman–Crippen LogP) is 4.20. The molecule has 170 valence electrons. The topological polar surface area (TPSA) is 82.8 Å². The van der Waals surface area contributed by atoms with Crippen LogP contribution in [0.5, 0.6) is 0 Å². The molecule has 4 N–H and O–H groups in total. The second kappa shape index (κ2) is 12.3. The van der Waals surface area contributed by atoms with Crippen LogP contribution in [0.15, 0.2) is 23.2 Å². The second-order valence-electron chi connectivity index (χ2n) is 8.78. The molecule has 0 radical (unpaired) electrons. The van der Waals surface area contributed by atoms with E-state index in [9.17, 15) is 4.79 Å². The van der Waals surface area contributed by atoms with E-state index in [1.807, 2.05) is 39.8 Å². The fraction of sp³-hybridized carbons (Fsp3) is 0.619. The third-order valence-corrected chi connectivity index (χ3v) is 5.46. The summed E-state index contributed by atoms with van der Waals surface area (Å²) in [5.74, 6) is 0.972. The Morgan fingerprint density at radius 2 is 1.93 bits per heavy atom. The Bertz CT molecular complexity index is 731. The smallest absolute Gasteiger partial charge is 0.234 e. The molecule has 0 aliphatic carbocycles. The molecule has 2 rings (SSSR count). The number of aliphatic imine (C=N–C) groups is 1. The van der Waals surface area contributed by atoms with Gasteiger partial charge in [0.05, 0.1) is 12.6 Å². The van der Waals surface area contributed by atoms with Gasteiger partial charge in [-0.2, -0.15) is 0 Å². The number of guanidine groups is 1. The zero-order valence-corrected chi connectivity index (χ0v) is 22.0. The zero-order chi connectivity index (χ0) is 21.6. The van der Waals surface area contributed by atoms with Crippen LogP contribution in [0, 0.1) is 5.92 Å². The van der Waals surface area contributed by atoms with Crippen molar-refractivity contribution in [2.45, 2.75) is 52.1 Å². The molecule has 1 aliphatic heterocycles. The van der Waals surface area contributed by atoms with Crippen LogP contribution in [-0.2, 0) is 4.79 Å². The Morgan fingerprint density at radius 3 is 2.50 bits per heavy atom. The van der Waals surface area contributed by atoms with Gasteiger partial charge in [-0.1, -0.05) is 29.3 Å². The lowest BCUT2D eigenvalue weighted by atomic mass is 9.97. The summed E-state index contributed by atoms with van der Waals surface area (Å²) < 4.78 is 0. The summed E-state index contributed by atoms with van der Waals surface area (Å²) >= 11 is 12.2. The number of likely N-dealkylation sites (tertiary alicyclic amines) is 1. The Hall–Kier alpha value is -0.770. The lowest BCUT2D eigenvalue weighted by molar-refractivity contribution is -0.124. The molecule has 1 aromatic rings. The molecule has 6 nitrogen and oxygen atoms in total. The molecule has 1 aliphatic rings. The SMILES string of the molecule is CC(NC(N)=NCC1CCN(CC(=O)NC(C)(C)C)CC1)c1ccc(Cl)cc1Cl.I. The molecule has 0 saturated carbocycles. The second-order valence-corrected chi connectivity index (χ2v) is 9.62. The van der Waals surface area contributed by atoms with Gasteiger partial charge in [0.1, 0.15) is 0 Å². The Morgan fingerprint density at radius 1 is 1.30 bits per heavy atom. The predicted molar refractivity (Wildman–Crippen MR) is 137 cm³/mol. The van der Waals surface area contributed by atoms with E-state index in [2.05, 4.69) is 20.5 Å². The number of rotatable bonds is 6. The molecule has 30 heavy (non-hydrogen) atoms. The summed E-state index contributed by atoms with van der Waals surface area (Å²) in [4.78, 5) is 18.8. The van der Waals surface area contributed by atoms with Gasteiger partial charge in [0.15, 0.2) is 5.96 Å². The van der Waals surface area contributed by atoms with Crippen molar-refractivity contribution >= 4 is 59.0 Å². The average Bonchev–Trinajstić information content (AvgIpc) is 2.59. The van der Waals surface area contributed by atoms with E-state index in [1.54, 1.807) is 6.07 Å². The molecule has 1 amide bonds. The number of carbonyl (C=O) groups excluding carboxylic acids is 1. The molecule has 1 atom stereocenters. The van der Waals surface area contributed by atoms with Gasteiger partial charge in [-0.3, -0.25) is 14.7 Å². The Kier molecular flexibility index (Phi) is 11.2. The summed E-state index contributed by atoms with van der Waals surface area (Å²) in [6.45, 7) is 10.9. The third-order valence-electron chi connectivity index (χ3n) is 4.90. The average molecular weight is 570 g/mol. The van der Waals surface area contributed by atoms with E-state index in [1.165, 1.54) is 0 Å². The summed E-state index contributed by atoms with van der Waals surface area (Å²) in [5.41, 5.74) is 6.80.